The minimum atomic E-state index is -0.543. The Morgan fingerprint density at radius 1 is 0.509 bits per heavy atom. The van der Waals surface area contributed by atoms with Crippen LogP contribution in [-0.4, -0.2) is 196 Å². The standard InChI is InChI=1S/C34H36FN7O3.C22H25ClFN5O2.C13H12N2O2.C12H12N2O/c1-41-14-16-42(17-15-41)31(21-45-2)33(44)39-30-9-5-8-25-26(30)11-12-27(25)32-28(35)19-37-34(40-32)38-23-10-13-29(36-18-23)24-7-4-3-6-22(24)20-43;1-28-8-10-29(11-9-28)19(13-31-2)21(30)26-18-5-3-4-14-15(18)6-7-16(14)20-17(24)12-25-22(23)27-20;1-17-13(16)11-5-3-2-4-10(11)12-7-6-9(14)8-15-12;13-10-5-6-12(14-7-10)11-4-2-1-3-9(11)8-15/h3-10,12-13,18-19,31,43H,11,14-17,20-21H2,1-2H3,(H,39,44)(H,37,38,40);3-5,7,12,19H,6,8-11,13H2,1-2H3,(H,26,30);2-8H,14H2,1H3;1-7,15H,8,13H2/t31-;19-;;/m11../s1. The van der Waals surface area contributed by atoms with Gasteiger partial charge in [0.25, 0.3) is 0 Å². The van der Waals surface area contributed by atoms with Gasteiger partial charge in [-0.15, -0.1) is 0 Å². The fraction of sp³-hybridized carbons (Fsp3) is 0.259. The number of aromatic nitrogens is 7. The second-order valence-electron chi connectivity index (χ2n) is 25.8. The van der Waals surface area contributed by atoms with Crippen LogP contribution in [0.2, 0.25) is 5.28 Å². The fourth-order valence-corrected chi connectivity index (χ4v) is 13.1. The summed E-state index contributed by atoms with van der Waals surface area (Å²) in [6.45, 7) is 7.36. The molecule has 558 valence electrons. The van der Waals surface area contributed by atoms with Gasteiger partial charge in [0.1, 0.15) is 23.5 Å². The molecule has 27 heteroatoms. The molecule has 9 N–H and O–H groups in total. The molecule has 0 radical (unpaired) electrons. The molecule has 2 amide bonds. The maximum absolute atomic E-state index is 15.2. The number of carbonyl (C=O) groups is 3. The van der Waals surface area contributed by atoms with Gasteiger partial charge in [-0.3, -0.25) is 34.3 Å². The molecule has 0 saturated carbocycles. The predicted molar refractivity (Wildman–Crippen MR) is 414 cm³/mol. The highest BCUT2D eigenvalue weighted by molar-refractivity contribution is 6.28. The number of nitrogens with one attached hydrogen (secondary N) is 3. The zero-order valence-electron chi connectivity index (χ0n) is 60.5. The lowest BCUT2D eigenvalue weighted by molar-refractivity contribution is -0.124. The van der Waals surface area contributed by atoms with Gasteiger partial charge in [0.05, 0.1) is 104 Å². The average molecular weight is 1480 g/mol. The lowest BCUT2D eigenvalue weighted by Gasteiger charge is -2.36. The molecule has 2 aliphatic heterocycles. The first-order chi connectivity index (χ1) is 52.4. The summed E-state index contributed by atoms with van der Waals surface area (Å²) in [4.78, 5) is 76.4. The molecule has 108 heavy (non-hydrogen) atoms. The molecule has 0 spiro atoms. The number of piperazine rings is 2. The van der Waals surface area contributed by atoms with Gasteiger partial charge >= 0.3 is 5.97 Å². The highest BCUT2D eigenvalue weighted by Gasteiger charge is 2.33. The van der Waals surface area contributed by atoms with Gasteiger partial charge in [0.15, 0.2) is 11.6 Å². The molecular weight excluding hydrogens is 1400 g/mol. The van der Waals surface area contributed by atoms with E-state index in [-0.39, 0.29) is 59.7 Å². The number of aliphatic hydroxyl groups excluding tert-OH is 2. The van der Waals surface area contributed by atoms with Gasteiger partial charge < -0.3 is 61.6 Å². The molecule has 2 atom stereocenters. The number of aliphatic hydroxyl groups is 2. The minimum absolute atomic E-state index is 0.00945. The Balaban J connectivity index is 0.000000158. The van der Waals surface area contributed by atoms with E-state index in [4.69, 9.17) is 37.3 Å². The average Bonchev–Trinajstić information content (AvgIpc) is 1.54. The molecule has 5 aromatic heterocycles. The van der Waals surface area contributed by atoms with Crippen molar-refractivity contribution in [2.45, 2.75) is 38.1 Å². The number of rotatable bonds is 20. The SMILES string of the molecule is COC(=O)c1ccccc1-c1ccc(N)cn1.COC[C@H](C(=O)Nc1cccc2c1CC=C2c1nc(Cl)ncc1F)N1CCN(C)CC1.COC[C@H](C(=O)Nc1cccc2c1CC=C2c1nc(Nc2ccc(-c3ccccc3CO)nc2)ncc1F)N1CCN(C)CC1.Nc1ccc(-c2ccccc2CO)nc1. The fourth-order valence-electron chi connectivity index (χ4n) is 13.0. The number of methoxy groups -OCH3 is 3. The molecule has 0 bridgehead atoms. The smallest absolute Gasteiger partial charge is 0.338 e. The second-order valence-corrected chi connectivity index (χ2v) is 26.1. The van der Waals surface area contributed by atoms with Crippen LogP contribution in [0.15, 0.2) is 189 Å². The van der Waals surface area contributed by atoms with Crippen molar-refractivity contribution in [3.05, 3.63) is 256 Å². The molecule has 10 aromatic rings. The lowest BCUT2D eigenvalue weighted by Crippen LogP contribution is -2.54. The number of pyridine rings is 3. The van der Waals surface area contributed by atoms with Crippen LogP contribution in [-0.2, 0) is 49.9 Å². The number of fused-ring (bicyclic) bond motifs is 2. The van der Waals surface area contributed by atoms with E-state index in [2.05, 4.69) is 84.5 Å². The highest BCUT2D eigenvalue weighted by atomic mass is 35.5. The van der Waals surface area contributed by atoms with Crippen LogP contribution in [0.5, 0.6) is 0 Å². The third-order valence-corrected chi connectivity index (χ3v) is 19.0. The lowest BCUT2D eigenvalue weighted by atomic mass is 10.0. The van der Waals surface area contributed by atoms with Crippen molar-refractivity contribution in [3.63, 3.8) is 0 Å². The number of carbonyl (C=O) groups excluding carboxylic acids is 3. The van der Waals surface area contributed by atoms with Crippen molar-refractivity contribution in [1.29, 1.82) is 0 Å². The zero-order chi connectivity index (χ0) is 76.2. The van der Waals surface area contributed by atoms with Gasteiger partial charge in [-0.2, -0.15) is 0 Å². The number of ether oxygens (including phenoxy) is 3. The Labute approximate surface area is 630 Å². The molecule has 5 aromatic carbocycles. The quantitative estimate of drug-likeness (QED) is 0.0275. The topological polar surface area (TPSA) is 311 Å². The molecule has 4 aliphatic rings. The molecular formula is C81H85ClF2N16O8. The Morgan fingerprint density at radius 3 is 1.40 bits per heavy atom. The monoisotopic (exact) mass is 1480 g/mol. The number of nitrogens with zero attached hydrogens (tertiary/aromatic N) is 11. The van der Waals surface area contributed by atoms with Crippen molar-refractivity contribution in [3.8, 4) is 33.8 Å². The molecule has 2 fully saturated rings. The summed E-state index contributed by atoms with van der Waals surface area (Å²) in [5, 5.41) is 28.1. The van der Waals surface area contributed by atoms with Gasteiger partial charge in [-0.25, -0.2) is 33.5 Å². The summed E-state index contributed by atoms with van der Waals surface area (Å²) in [5.41, 5.74) is 26.4. The van der Waals surface area contributed by atoms with Crippen LogP contribution >= 0.6 is 11.6 Å². The number of nitrogen functional groups attached to an aromatic ring is 2. The largest absolute Gasteiger partial charge is 0.465 e. The number of likely N-dealkylation sites (N-methyl/N-ethyl adjacent to an activating group) is 2. The molecule has 2 aliphatic carbocycles. The summed E-state index contributed by atoms with van der Waals surface area (Å²) in [6, 6.07) is 43.7. The van der Waals surface area contributed by atoms with E-state index < -0.39 is 17.7 Å². The third-order valence-electron chi connectivity index (χ3n) is 18.8. The van der Waals surface area contributed by atoms with Gasteiger partial charge in [-0.1, -0.05) is 103 Å². The van der Waals surface area contributed by atoms with Crippen molar-refractivity contribution >= 4 is 74.9 Å². The van der Waals surface area contributed by atoms with Crippen molar-refractivity contribution in [2.24, 2.45) is 0 Å². The molecule has 7 heterocycles. The van der Waals surface area contributed by atoms with E-state index in [1.54, 1.807) is 63.1 Å². The Hall–Kier alpha value is -11.2. The highest BCUT2D eigenvalue weighted by Crippen LogP contribution is 2.39. The first kappa shape index (κ1) is 77.9. The van der Waals surface area contributed by atoms with E-state index in [1.807, 2.05) is 127 Å². The van der Waals surface area contributed by atoms with Crippen molar-refractivity contribution in [2.75, 3.05) is 128 Å². The summed E-state index contributed by atoms with van der Waals surface area (Å²) < 4.78 is 45.0. The number of esters is 1. The van der Waals surface area contributed by atoms with Crippen LogP contribution in [0.25, 0.3) is 44.9 Å². The molecule has 2 saturated heterocycles. The predicted octanol–water partition coefficient (Wildman–Crippen LogP) is 10.5. The Bertz CT molecular complexity index is 4830. The number of hydrogen-bond donors (Lipinski definition) is 7. The number of hydrogen-bond acceptors (Lipinski definition) is 22. The van der Waals surface area contributed by atoms with E-state index in [0.29, 0.717) is 76.9 Å². The van der Waals surface area contributed by atoms with E-state index >= 15 is 4.39 Å². The zero-order valence-corrected chi connectivity index (χ0v) is 61.3. The van der Waals surface area contributed by atoms with Crippen LogP contribution < -0.4 is 27.4 Å². The van der Waals surface area contributed by atoms with Gasteiger partial charge in [0, 0.05) is 106 Å². The third kappa shape index (κ3) is 19.3. The number of benzene rings is 5. The van der Waals surface area contributed by atoms with E-state index in [9.17, 15) is 29.0 Å². The van der Waals surface area contributed by atoms with Crippen LogP contribution in [0.1, 0.15) is 55.1 Å². The number of allylic oxidation sites excluding steroid dienone is 2. The second kappa shape index (κ2) is 37.4. The Morgan fingerprint density at radius 2 is 0.944 bits per heavy atom. The van der Waals surface area contributed by atoms with Gasteiger partial charge in [-0.05, 0) is 127 Å². The van der Waals surface area contributed by atoms with E-state index in [0.717, 1.165) is 126 Å². The van der Waals surface area contributed by atoms with Crippen LogP contribution in [0, 0.1) is 11.6 Å². The van der Waals surface area contributed by atoms with Crippen LogP contribution in [0.3, 0.4) is 0 Å². The number of anilines is 6. The molecule has 0 unspecified atom stereocenters. The number of halogens is 3. The summed E-state index contributed by atoms with van der Waals surface area (Å²) in [7, 11) is 8.73. The first-order valence-corrected chi connectivity index (χ1v) is 35.4. The van der Waals surface area contributed by atoms with Crippen molar-refractivity contribution < 1.29 is 47.6 Å². The number of amides is 2. The molecule has 24 nitrogen and oxygen atoms in total. The first-order valence-electron chi connectivity index (χ1n) is 35.0. The maximum atomic E-state index is 15.2. The minimum Gasteiger partial charge on any atom is -0.465 e. The van der Waals surface area contributed by atoms with Crippen molar-refractivity contribution in [1.82, 2.24) is 54.5 Å². The normalized spacial score (nSPS) is 14.7. The maximum Gasteiger partial charge on any atom is 0.338 e. The van der Waals surface area contributed by atoms with Gasteiger partial charge in [0.2, 0.25) is 23.0 Å². The summed E-state index contributed by atoms with van der Waals surface area (Å²) >= 11 is 5.88. The summed E-state index contributed by atoms with van der Waals surface area (Å²) in [5.74, 6) is -1.46. The van der Waals surface area contributed by atoms with E-state index in [1.165, 1.54) is 7.11 Å². The van der Waals surface area contributed by atoms with Crippen LogP contribution in [0.4, 0.5) is 43.2 Å². The summed E-state index contributed by atoms with van der Waals surface area (Å²) in [6.07, 6.45) is 12.0. The number of nitrogens with two attached hydrogens (primary N) is 2. The molecule has 14 rings (SSSR count). The Kier molecular flexibility index (Phi) is 27.0.